The van der Waals surface area contributed by atoms with Crippen LogP contribution in [-0.2, 0) is 4.79 Å². The molecule has 1 amide bonds. The lowest BCUT2D eigenvalue weighted by Gasteiger charge is -2.27. The normalized spacial score (nSPS) is 23.4. The maximum Gasteiger partial charge on any atom is 0.225 e. The van der Waals surface area contributed by atoms with E-state index in [-0.39, 0.29) is 35.8 Å². The van der Waals surface area contributed by atoms with Gasteiger partial charge < -0.3 is 20.9 Å². The van der Waals surface area contributed by atoms with Crippen LogP contribution in [0.1, 0.15) is 30.7 Å². The molecule has 0 bridgehead atoms. The summed E-state index contributed by atoms with van der Waals surface area (Å²) in [6.07, 6.45) is 3.01. The number of aliphatic imine (C=N–C) groups is 1. The lowest BCUT2D eigenvalue weighted by Crippen LogP contribution is -2.45. The Hall–Kier alpha value is -1.35. The number of fused-ring (bicyclic) bond motifs is 1. The second kappa shape index (κ2) is 9.38. The summed E-state index contributed by atoms with van der Waals surface area (Å²) < 4.78 is 0. The summed E-state index contributed by atoms with van der Waals surface area (Å²) in [5, 5.41) is 9.73. The van der Waals surface area contributed by atoms with Crippen LogP contribution in [0, 0.1) is 0 Å². The average Bonchev–Trinajstić information content (AvgIpc) is 2.99. The van der Waals surface area contributed by atoms with Crippen LogP contribution in [0.15, 0.2) is 29.3 Å². The first kappa shape index (κ1) is 20.0. The van der Waals surface area contributed by atoms with Crippen molar-refractivity contribution >= 4 is 41.5 Å². The van der Waals surface area contributed by atoms with Crippen LogP contribution in [-0.4, -0.2) is 56.5 Å². The number of nitrogens with one attached hydrogen (secondary N) is 3. The van der Waals surface area contributed by atoms with Gasteiger partial charge in [0.2, 0.25) is 5.91 Å². The number of para-hydroxylation sites is 1. The molecule has 2 atom stereocenters. The Labute approximate surface area is 166 Å². The molecule has 0 radical (unpaired) electrons. The van der Waals surface area contributed by atoms with Crippen molar-refractivity contribution in [1.82, 2.24) is 15.5 Å². The summed E-state index contributed by atoms with van der Waals surface area (Å²) in [5.74, 6) is 1.05. The van der Waals surface area contributed by atoms with E-state index in [0.717, 1.165) is 18.2 Å². The van der Waals surface area contributed by atoms with Gasteiger partial charge in [0.25, 0.3) is 0 Å². The minimum atomic E-state index is 0. The summed E-state index contributed by atoms with van der Waals surface area (Å²) >= 11 is 0. The van der Waals surface area contributed by atoms with Gasteiger partial charge in [0.05, 0.1) is 0 Å². The minimum Gasteiger partial charge on any atom is -0.356 e. The van der Waals surface area contributed by atoms with Crippen molar-refractivity contribution in [3.8, 4) is 0 Å². The second-order valence-corrected chi connectivity index (χ2v) is 6.65. The molecule has 2 heterocycles. The molecule has 0 saturated carbocycles. The standard InChI is InChI=1S/C18H27N5O.HI/c1-19-18(21-12-14-6-5-9-23(14)2)20-11-13-10-17(24)22-16-8-4-3-7-15(13)16;/h3-4,7-8,13-14H,5-6,9-12H2,1-2H3,(H,22,24)(H2,19,20,21);1H. The summed E-state index contributed by atoms with van der Waals surface area (Å²) in [6.45, 7) is 2.77. The second-order valence-electron chi connectivity index (χ2n) is 6.65. The van der Waals surface area contributed by atoms with Gasteiger partial charge in [-0.15, -0.1) is 24.0 Å². The monoisotopic (exact) mass is 457 g/mol. The highest BCUT2D eigenvalue weighted by Crippen LogP contribution is 2.31. The lowest BCUT2D eigenvalue weighted by atomic mass is 9.90. The van der Waals surface area contributed by atoms with E-state index in [1.54, 1.807) is 7.05 Å². The van der Waals surface area contributed by atoms with Crippen molar-refractivity contribution in [2.24, 2.45) is 4.99 Å². The maximum absolute atomic E-state index is 11.9. The van der Waals surface area contributed by atoms with Crippen LogP contribution >= 0.6 is 24.0 Å². The van der Waals surface area contributed by atoms with Gasteiger partial charge in [-0.05, 0) is 38.1 Å². The fourth-order valence-corrected chi connectivity index (χ4v) is 3.58. The molecule has 138 valence electrons. The molecule has 3 N–H and O–H groups in total. The first-order chi connectivity index (χ1) is 11.7. The molecule has 0 aliphatic carbocycles. The van der Waals surface area contributed by atoms with Gasteiger partial charge in [-0.25, -0.2) is 0 Å². The molecule has 1 aromatic rings. The molecular weight excluding hydrogens is 429 g/mol. The Bertz CT molecular complexity index is 621. The quantitative estimate of drug-likeness (QED) is 0.368. The lowest BCUT2D eigenvalue weighted by molar-refractivity contribution is -0.116. The van der Waals surface area contributed by atoms with Gasteiger partial charge in [0, 0.05) is 44.2 Å². The molecule has 2 aliphatic rings. The summed E-state index contributed by atoms with van der Waals surface area (Å²) in [6, 6.07) is 8.59. The molecule has 0 aromatic heterocycles. The molecule has 7 heteroatoms. The number of halogens is 1. The number of hydrogen-bond donors (Lipinski definition) is 3. The third-order valence-corrected chi connectivity index (χ3v) is 5.02. The molecule has 2 aliphatic heterocycles. The van der Waals surface area contributed by atoms with Crippen molar-refractivity contribution in [2.45, 2.75) is 31.2 Å². The van der Waals surface area contributed by atoms with Crippen LogP contribution in [0.4, 0.5) is 5.69 Å². The molecular formula is C18H28IN5O. The van der Waals surface area contributed by atoms with E-state index in [4.69, 9.17) is 0 Å². The fraction of sp³-hybridized carbons (Fsp3) is 0.556. The number of carbonyl (C=O) groups is 1. The SMILES string of the molecule is CN=C(NCC1CC(=O)Nc2ccccc21)NCC1CCCN1C.I. The Morgan fingerprint density at radius 1 is 1.32 bits per heavy atom. The van der Waals surface area contributed by atoms with Gasteiger partial charge in [-0.2, -0.15) is 0 Å². The predicted molar refractivity (Wildman–Crippen MR) is 113 cm³/mol. The van der Waals surface area contributed by atoms with Gasteiger partial charge in [0.15, 0.2) is 5.96 Å². The van der Waals surface area contributed by atoms with E-state index >= 15 is 0 Å². The van der Waals surface area contributed by atoms with E-state index < -0.39 is 0 Å². The molecule has 0 spiro atoms. The van der Waals surface area contributed by atoms with Crippen molar-refractivity contribution in [3.05, 3.63) is 29.8 Å². The summed E-state index contributed by atoms with van der Waals surface area (Å²) in [7, 11) is 3.96. The van der Waals surface area contributed by atoms with Crippen LogP contribution in [0.2, 0.25) is 0 Å². The number of anilines is 1. The minimum absolute atomic E-state index is 0. The molecule has 1 saturated heterocycles. The summed E-state index contributed by atoms with van der Waals surface area (Å²) in [4.78, 5) is 18.6. The van der Waals surface area contributed by atoms with E-state index in [0.29, 0.717) is 19.0 Å². The highest BCUT2D eigenvalue weighted by atomic mass is 127. The molecule has 1 fully saturated rings. The van der Waals surface area contributed by atoms with E-state index in [9.17, 15) is 4.79 Å². The average molecular weight is 457 g/mol. The number of likely N-dealkylation sites (tertiary alicyclic amines) is 1. The number of nitrogens with zero attached hydrogens (tertiary/aromatic N) is 2. The summed E-state index contributed by atoms with van der Waals surface area (Å²) in [5.41, 5.74) is 2.12. The fourth-order valence-electron chi connectivity index (χ4n) is 3.58. The Balaban J connectivity index is 0.00000225. The van der Waals surface area contributed by atoms with Gasteiger partial charge in [0.1, 0.15) is 0 Å². The molecule has 2 unspecified atom stereocenters. The number of hydrogen-bond acceptors (Lipinski definition) is 3. The van der Waals surface area contributed by atoms with Crippen LogP contribution in [0.3, 0.4) is 0 Å². The van der Waals surface area contributed by atoms with Crippen molar-refractivity contribution in [2.75, 3.05) is 39.0 Å². The first-order valence-corrected chi connectivity index (χ1v) is 8.71. The van der Waals surface area contributed by atoms with E-state index in [1.165, 1.54) is 24.9 Å². The highest BCUT2D eigenvalue weighted by Gasteiger charge is 2.25. The zero-order chi connectivity index (χ0) is 16.9. The number of amides is 1. The van der Waals surface area contributed by atoms with Gasteiger partial charge in [-0.3, -0.25) is 9.79 Å². The number of carbonyl (C=O) groups excluding carboxylic acids is 1. The zero-order valence-electron chi connectivity index (χ0n) is 14.9. The molecule has 25 heavy (non-hydrogen) atoms. The van der Waals surface area contributed by atoms with Gasteiger partial charge in [-0.1, -0.05) is 18.2 Å². The molecule has 1 aromatic carbocycles. The number of guanidine groups is 1. The van der Waals surface area contributed by atoms with Crippen molar-refractivity contribution in [3.63, 3.8) is 0 Å². The van der Waals surface area contributed by atoms with Crippen molar-refractivity contribution in [1.29, 1.82) is 0 Å². The smallest absolute Gasteiger partial charge is 0.225 e. The largest absolute Gasteiger partial charge is 0.356 e. The van der Waals surface area contributed by atoms with Crippen LogP contribution < -0.4 is 16.0 Å². The maximum atomic E-state index is 11.9. The number of rotatable bonds is 4. The van der Waals surface area contributed by atoms with Gasteiger partial charge >= 0.3 is 0 Å². The third-order valence-electron chi connectivity index (χ3n) is 5.02. The van der Waals surface area contributed by atoms with Crippen LogP contribution in [0.25, 0.3) is 0 Å². The highest BCUT2D eigenvalue weighted by molar-refractivity contribution is 14.0. The Morgan fingerprint density at radius 3 is 2.80 bits per heavy atom. The predicted octanol–water partition coefficient (Wildman–Crippen LogP) is 1.99. The number of benzene rings is 1. The molecule has 6 nitrogen and oxygen atoms in total. The first-order valence-electron chi connectivity index (χ1n) is 8.71. The van der Waals surface area contributed by atoms with E-state index in [2.05, 4.69) is 39.0 Å². The topological polar surface area (TPSA) is 68.8 Å². The van der Waals surface area contributed by atoms with E-state index in [1.807, 2.05) is 18.2 Å². The third kappa shape index (κ3) is 5.07. The zero-order valence-corrected chi connectivity index (χ0v) is 17.2. The number of likely N-dealkylation sites (N-methyl/N-ethyl adjacent to an activating group) is 1. The Morgan fingerprint density at radius 2 is 2.08 bits per heavy atom. The molecule has 3 rings (SSSR count). The van der Waals surface area contributed by atoms with Crippen molar-refractivity contribution < 1.29 is 4.79 Å². The van der Waals surface area contributed by atoms with Crippen LogP contribution in [0.5, 0.6) is 0 Å². The Kier molecular flexibility index (Phi) is 7.49.